The Balaban J connectivity index is 3.23. The lowest BCUT2D eigenvalue weighted by Crippen LogP contribution is -1.92. The SMILES string of the molecule is CCCCCCC=CCC(C)CCCCC. The maximum absolute atomic E-state index is 2.41. The van der Waals surface area contributed by atoms with Gasteiger partial charge in [0.25, 0.3) is 0 Å². The van der Waals surface area contributed by atoms with Gasteiger partial charge >= 0.3 is 0 Å². The summed E-state index contributed by atoms with van der Waals surface area (Å²) in [6.07, 6.45) is 18.5. The van der Waals surface area contributed by atoms with Crippen LogP contribution in [0.5, 0.6) is 0 Å². The van der Waals surface area contributed by atoms with E-state index in [1.807, 2.05) is 0 Å². The van der Waals surface area contributed by atoms with Gasteiger partial charge in [0.1, 0.15) is 0 Å². The van der Waals surface area contributed by atoms with Crippen LogP contribution < -0.4 is 0 Å². The number of hydrogen-bond donors (Lipinski definition) is 0. The lowest BCUT2D eigenvalue weighted by Gasteiger charge is -2.07. The summed E-state index contributed by atoms with van der Waals surface area (Å²) < 4.78 is 0. The highest BCUT2D eigenvalue weighted by Crippen LogP contribution is 2.13. The molecule has 0 saturated carbocycles. The van der Waals surface area contributed by atoms with Gasteiger partial charge in [0, 0.05) is 0 Å². The fraction of sp³-hybridized carbons (Fsp3) is 0.875. The van der Waals surface area contributed by atoms with E-state index in [1.165, 1.54) is 64.2 Å². The quantitative estimate of drug-likeness (QED) is 0.293. The van der Waals surface area contributed by atoms with Crippen molar-refractivity contribution in [2.24, 2.45) is 5.92 Å². The summed E-state index contributed by atoms with van der Waals surface area (Å²) in [5, 5.41) is 0. The van der Waals surface area contributed by atoms with E-state index in [1.54, 1.807) is 0 Å². The largest absolute Gasteiger partial charge is 0.0885 e. The van der Waals surface area contributed by atoms with Crippen LogP contribution in [0.2, 0.25) is 0 Å². The number of hydrogen-bond acceptors (Lipinski definition) is 0. The van der Waals surface area contributed by atoms with E-state index in [9.17, 15) is 0 Å². The molecule has 0 aliphatic heterocycles. The van der Waals surface area contributed by atoms with Crippen LogP contribution >= 0.6 is 0 Å². The van der Waals surface area contributed by atoms with Crippen molar-refractivity contribution in [3.63, 3.8) is 0 Å². The lowest BCUT2D eigenvalue weighted by molar-refractivity contribution is 0.500. The Hall–Kier alpha value is -0.260. The topological polar surface area (TPSA) is 0 Å². The Morgan fingerprint density at radius 2 is 1.50 bits per heavy atom. The van der Waals surface area contributed by atoms with Crippen LogP contribution in [0.3, 0.4) is 0 Å². The van der Waals surface area contributed by atoms with Crippen molar-refractivity contribution in [1.82, 2.24) is 0 Å². The second kappa shape index (κ2) is 12.8. The molecule has 16 heavy (non-hydrogen) atoms. The Labute approximate surface area is 104 Å². The Morgan fingerprint density at radius 1 is 0.812 bits per heavy atom. The molecule has 0 aliphatic carbocycles. The molecule has 0 spiro atoms. The first-order valence-corrected chi connectivity index (χ1v) is 7.46. The zero-order valence-corrected chi connectivity index (χ0v) is 11.8. The fourth-order valence-corrected chi connectivity index (χ4v) is 2.00. The average molecular weight is 224 g/mol. The van der Waals surface area contributed by atoms with E-state index < -0.39 is 0 Å². The van der Waals surface area contributed by atoms with Gasteiger partial charge in [-0.3, -0.25) is 0 Å². The molecule has 0 aromatic heterocycles. The van der Waals surface area contributed by atoms with Crippen LogP contribution in [0.4, 0.5) is 0 Å². The summed E-state index contributed by atoms with van der Waals surface area (Å²) in [7, 11) is 0. The highest BCUT2D eigenvalue weighted by atomic mass is 14.0. The maximum atomic E-state index is 2.41. The van der Waals surface area contributed by atoms with Crippen LogP contribution in [0.25, 0.3) is 0 Å². The summed E-state index contributed by atoms with van der Waals surface area (Å²) >= 11 is 0. The predicted octanol–water partition coefficient (Wildman–Crippen LogP) is 6.12. The molecule has 0 nitrogen and oxygen atoms in total. The van der Waals surface area contributed by atoms with E-state index in [4.69, 9.17) is 0 Å². The molecule has 0 aromatic rings. The van der Waals surface area contributed by atoms with Crippen molar-refractivity contribution in [3.8, 4) is 0 Å². The van der Waals surface area contributed by atoms with Crippen molar-refractivity contribution in [2.75, 3.05) is 0 Å². The summed E-state index contributed by atoms with van der Waals surface area (Å²) in [4.78, 5) is 0. The van der Waals surface area contributed by atoms with Crippen molar-refractivity contribution in [1.29, 1.82) is 0 Å². The van der Waals surface area contributed by atoms with Crippen LogP contribution in [-0.2, 0) is 0 Å². The van der Waals surface area contributed by atoms with Gasteiger partial charge in [0.05, 0.1) is 0 Å². The van der Waals surface area contributed by atoms with Gasteiger partial charge in [-0.05, 0) is 25.2 Å². The monoisotopic (exact) mass is 224 g/mol. The molecule has 0 fully saturated rings. The molecule has 96 valence electrons. The van der Waals surface area contributed by atoms with E-state index in [0.29, 0.717) is 0 Å². The van der Waals surface area contributed by atoms with Gasteiger partial charge in [0.15, 0.2) is 0 Å². The Kier molecular flexibility index (Phi) is 12.6. The zero-order valence-electron chi connectivity index (χ0n) is 11.8. The minimum absolute atomic E-state index is 0.887. The van der Waals surface area contributed by atoms with Gasteiger partial charge < -0.3 is 0 Å². The highest BCUT2D eigenvalue weighted by Gasteiger charge is 1.98. The van der Waals surface area contributed by atoms with Gasteiger partial charge in [-0.1, -0.05) is 77.9 Å². The summed E-state index contributed by atoms with van der Waals surface area (Å²) in [6, 6.07) is 0. The van der Waals surface area contributed by atoms with Gasteiger partial charge in [-0.2, -0.15) is 0 Å². The third-order valence-corrected chi connectivity index (χ3v) is 3.23. The molecule has 0 rings (SSSR count). The predicted molar refractivity (Wildman–Crippen MR) is 75.8 cm³/mol. The second-order valence-electron chi connectivity index (χ2n) is 5.16. The van der Waals surface area contributed by atoms with Crippen molar-refractivity contribution < 1.29 is 0 Å². The molecule has 0 N–H and O–H groups in total. The summed E-state index contributed by atoms with van der Waals surface area (Å²) in [5.41, 5.74) is 0. The number of allylic oxidation sites excluding steroid dienone is 2. The van der Waals surface area contributed by atoms with Crippen LogP contribution in [0.15, 0.2) is 12.2 Å². The minimum Gasteiger partial charge on any atom is -0.0885 e. The first-order chi connectivity index (χ1) is 7.81. The average Bonchev–Trinajstić information content (AvgIpc) is 2.28. The molecular weight excluding hydrogens is 192 g/mol. The molecule has 0 aromatic carbocycles. The molecule has 0 saturated heterocycles. The van der Waals surface area contributed by atoms with Crippen molar-refractivity contribution >= 4 is 0 Å². The maximum Gasteiger partial charge on any atom is -0.0325 e. The third-order valence-electron chi connectivity index (χ3n) is 3.23. The van der Waals surface area contributed by atoms with Crippen molar-refractivity contribution in [3.05, 3.63) is 12.2 Å². The Morgan fingerprint density at radius 3 is 2.19 bits per heavy atom. The standard InChI is InChI=1S/C16H32/c1-4-6-8-9-10-11-13-15-16(3)14-12-7-5-2/h11,13,16H,4-10,12,14-15H2,1-3H3. The minimum atomic E-state index is 0.887. The van der Waals surface area contributed by atoms with Gasteiger partial charge in [-0.25, -0.2) is 0 Å². The second-order valence-corrected chi connectivity index (χ2v) is 5.16. The van der Waals surface area contributed by atoms with Crippen LogP contribution in [0, 0.1) is 5.92 Å². The molecule has 0 aliphatic rings. The molecule has 0 bridgehead atoms. The summed E-state index contributed by atoms with van der Waals surface area (Å²) in [5.74, 6) is 0.887. The van der Waals surface area contributed by atoms with Crippen molar-refractivity contribution in [2.45, 2.75) is 85.0 Å². The highest BCUT2D eigenvalue weighted by molar-refractivity contribution is 4.83. The molecular formula is C16H32. The third kappa shape index (κ3) is 11.8. The lowest BCUT2D eigenvalue weighted by atomic mass is 9.99. The van der Waals surface area contributed by atoms with Gasteiger partial charge in [0.2, 0.25) is 0 Å². The van der Waals surface area contributed by atoms with Crippen LogP contribution in [0.1, 0.15) is 85.0 Å². The Bertz CT molecular complexity index is 146. The molecule has 0 radical (unpaired) electrons. The molecule has 0 heteroatoms. The molecule has 1 unspecified atom stereocenters. The number of unbranched alkanes of at least 4 members (excludes halogenated alkanes) is 6. The zero-order chi connectivity index (χ0) is 12.1. The van der Waals surface area contributed by atoms with Crippen LogP contribution in [-0.4, -0.2) is 0 Å². The molecule has 1 atom stereocenters. The normalized spacial score (nSPS) is 13.4. The van der Waals surface area contributed by atoms with E-state index in [-0.39, 0.29) is 0 Å². The van der Waals surface area contributed by atoms with E-state index >= 15 is 0 Å². The fourth-order valence-electron chi connectivity index (χ4n) is 2.00. The van der Waals surface area contributed by atoms with E-state index in [0.717, 1.165) is 5.92 Å². The first-order valence-electron chi connectivity index (χ1n) is 7.46. The summed E-state index contributed by atoms with van der Waals surface area (Å²) in [6.45, 7) is 6.94. The van der Waals surface area contributed by atoms with E-state index in [2.05, 4.69) is 32.9 Å². The first kappa shape index (κ1) is 15.7. The smallest absolute Gasteiger partial charge is 0.0325 e. The number of rotatable bonds is 11. The van der Waals surface area contributed by atoms with Gasteiger partial charge in [-0.15, -0.1) is 0 Å². The molecule has 0 amide bonds. The molecule has 0 heterocycles.